The summed E-state index contributed by atoms with van der Waals surface area (Å²) >= 11 is 0. The predicted octanol–water partition coefficient (Wildman–Crippen LogP) is -2.12. The van der Waals surface area contributed by atoms with E-state index in [4.69, 9.17) is 16.2 Å². The Bertz CT molecular complexity index is 952. The molecule has 0 amide bonds. The van der Waals surface area contributed by atoms with Crippen molar-refractivity contribution in [2.45, 2.75) is 43.0 Å². The highest BCUT2D eigenvalue weighted by atomic mass is 19.2. The number of nitrogens with zero attached hydrogens (tertiary/aromatic N) is 2. The zero-order valence-corrected chi connectivity index (χ0v) is 15.4. The van der Waals surface area contributed by atoms with Gasteiger partial charge in [0.15, 0.2) is 23.7 Å². The van der Waals surface area contributed by atoms with Gasteiger partial charge in [0, 0.05) is 0 Å². The van der Waals surface area contributed by atoms with Gasteiger partial charge >= 0.3 is 11.9 Å². The van der Waals surface area contributed by atoms with Crippen LogP contribution in [0.5, 0.6) is 0 Å². The number of carbonyl (C=O) groups is 1. The second-order valence-electron chi connectivity index (χ2n) is 7.23. The number of rotatable bonds is 3. The van der Waals surface area contributed by atoms with Crippen LogP contribution in [0.2, 0.25) is 0 Å². The first-order valence-electron chi connectivity index (χ1n) is 9.01. The van der Waals surface area contributed by atoms with Crippen molar-refractivity contribution in [2.24, 2.45) is 16.5 Å². The van der Waals surface area contributed by atoms with E-state index in [2.05, 4.69) is 15.6 Å². The highest BCUT2D eigenvalue weighted by Gasteiger charge is 2.75. The summed E-state index contributed by atoms with van der Waals surface area (Å²) in [5.74, 6) is -6.51. The van der Waals surface area contributed by atoms with Crippen LogP contribution < -0.4 is 22.1 Å². The van der Waals surface area contributed by atoms with E-state index in [-0.39, 0.29) is 24.5 Å². The van der Waals surface area contributed by atoms with Crippen LogP contribution in [0, 0.1) is 11.6 Å². The number of benzene rings is 1. The van der Waals surface area contributed by atoms with E-state index in [1.54, 1.807) is 0 Å². The molecule has 1 saturated heterocycles. The van der Waals surface area contributed by atoms with Crippen molar-refractivity contribution < 1.29 is 33.1 Å². The fraction of sp³-hybridized carbons (Fsp3) is 0.471. The van der Waals surface area contributed by atoms with Crippen LogP contribution in [-0.4, -0.2) is 68.9 Å². The average Bonchev–Trinajstić information content (AvgIpc) is 3.12. The molecular formula is C17H21F2N6O4+. The second-order valence-corrected chi connectivity index (χ2v) is 7.23. The molecule has 29 heavy (non-hydrogen) atoms. The third-order valence-electron chi connectivity index (χ3n) is 5.67. The lowest BCUT2D eigenvalue weighted by Crippen LogP contribution is -2.78. The van der Waals surface area contributed by atoms with Crippen molar-refractivity contribution in [1.82, 2.24) is 10.6 Å². The lowest BCUT2D eigenvalue weighted by atomic mass is 9.85. The third-order valence-corrected chi connectivity index (χ3v) is 5.67. The number of carbonyl (C=O) groups excluding carboxylic acids is 1. The summed E-state index contributed by atoms with van der Waals surface area (Å²) < 4.78 is 33.9. The minimum absolute atomic E-state index is 0.0365. The van der Waals surface area contributed by atoms with Gasteiger partial charge in [0.2, 0.25) is 5.66 Å². The van der Waals surface area contributed by atoms with Crippen LogP contribution in [-0.2, 0) is 4.74 Å². The Morgan fingerprint density at radius 1 is 1.41 bits per heavy atom. The Morgan fingerprint density at radius 2 is 2.14 bits per heavy atom. The number of esters is 1. The lowest BCUT2D eigenvalue weighted by Gasteiger charge is -2.43. The molecule has 1 aromatic rings. The van der Waals surface area contributed by atoms with Gasteiger partial charge in [0.25, 0.3) is 5.79 Å². The molecule has 3 aliphatic heterocycles. The quantitative estimate of drug-likeness (QED) is 0.187. The highest BCUT2D eigenvalue weighted by molar-refractivity contribution is 5.90. The molecule has 1 aromatic carbocycles. The Balaban J connectivity index is 1.72. The summed E-state index contributed by atoms with van der Waals surface area (Å²) in [6, 6.07) is 1.87. The summed E-state index contributed by atoms with van der Waals surface area (Å²) in [5.41, 5.74) is 9.53. The fourth-order valence-corrected chi connectivity index (χ4v) is 4.28. The molecule has 0 bridgehead atoms. The summed E-state index contributed by atoms with van der Waals surface area (Å²) in [6.07, 6.45) is -1.03. The number of halogens is 2. The molecule has 3 aliphatic rings. The molecule has 4 rings (SSSR count). The number of nitrogens with two attached hydrogens (primary N) is 2. The third kappa shape index (κ3) is 2.48. The van der Waals surface area contributed by atoms with Crippen molar-refractivity contribution in [3.05, 3.63) is 35.4 Å². The number of hydrogen-bond acceptors (Lipinski definition) is 9. The minimum Gasteiger partial charge on any atom is -0.449 e. The summed E-state index contributed by atoms with van der Waals surface area (Å²) in [5, 5.41) is 27.9. The maximum Gasteiger partial charge on any atom is 0.346 e. The van der Waals surface area contributed by atoms with E-state index < -0.39 is 46.8 Å². The van der Waals surface area contributed by atoms with E-state index in [0.717, 1.165) is 18.2 Å². The number of guanidine groups is 2. The Hall–Kier alpha value is -2.99. The molecular weight excluding hydrogens is 390 g/mol. The molecule has 0 radical (unpaired) electrons. The van der Waals surface area contributed by atoms with Gasteiger partial charge in [-0.15, -0.1) is 0 Å². The van der Waals surface area contributed by atoms with Crippen LogP contribution in [0.15, 0.2) is 23.2 Å². The number of nitrogens with one attached hydrogen (secondary N) is 2. The van der Waals surface area contributed by atoms with Crippen LogP contribution >= 0.6 is 0 Å². The van der Waals surface area contributed by atoms with E-state index in [1.807, 2.05) is 6.92 Å². The summed E-state index contributed by atoms with van der Waals surface area (Å²) in [6.45, 7) is 1.60. The number of hydrogen-bond donors (Lipinski definition) is 6. The SMILES string of the molecule is CC[C@@H]1NC(N)=[N+]2C[C@H](OC(=O)c3cccc(F)c3F)C(O)(O)[C@@]23NC(N)=N[C@@H]13. The molecule has 0 saturated carbocycles. The highest BCUT2D eigenvalue weighted by Crippen LogP contribution is 2.43. The van der Waals surface area contributed by atoms with Crippen LogP contribution in [0.1, 0.15) is 23.7 Å². The molecule has 0 unspecified atom stereocenters. The van der Waals surface area contributed by atoms with E-state index in [1.165, 1.54) is 4.58 Å². The molecule has 0 aliphatic carbocycles. The maximum atomic E-state index is 13.9. The normalized spacial score (nSPS) is 32.0. The molecule has 3 heterocycles. The van der Waals surface area contributed by atoms with E-state index >= 15 is 0 Å². The first-order chi connectivity index (χ1) is 13.6. The Morgan fingerprint density at radius 3 is 2.83 bits per heavy atom. The lowest BCUT2D eigenvalue weighted by molar-refractivity contribution is -0.623. The molecule has 0 aromatic heterocycles. The van der Waals surface area contributed by atoms with Gasteiger partial charge in [0.1, 0.15) is 18.6 Å². The van der Waals surface area contributed by atoms with Crippen LogP contribution in [0.25, 0.3) is 0 Å². The van der Waals surface area contributed by atoms with Crippen LogP contribution in [0.3, 0.4) is 0 Å². The monoisotopic (exact) mass is 411 g/mol. The standard InChI is InChI=1S/C17H20F2N6O4/c1-2-9-12-16(24-14(20)23-12)17(27,28)10(6-25(16)15(21)22-9)29-13(26)7-4-3-5-8(18)11(7)19/h3-5,9-10,12,27-28H,2,6H2,1H3,(H5,20,21,22,23,24)/p+1/t9-,10-,12-,16-/m0/s1. The zero-order valence-electron chi connectivity index (χ0n) is 15.4. The van der Waals surface area contributed by atoms with Gasteiger partial charge < -0.3 is 26.0 Å². The van der Waals surface area contributed by atoms with Gasteiger partial charge in [-0.25, -0.2) is 23.1 Å². The Kier molecular flexibility index (Phi) is 4.17. The van der Waals surface area contributed by atoms with Crippen molar-refractivity contribution in [3.8, 4) is 0 Å². The predicted molar refractivity (Wildman–Crippen MR) is 95.5 cm³/mol. The van der Waals surface area contributed by atoms with Gasteiger partial charge in [-0.3, -0.25) is 11.1 Å². The zero-order chi connectivity index (χ0) is 21.1. The van der Waals surface area contributed by atoms with Gasteiger partial charge in [-0.05, 0) is 18.6 Å². The van der Waals surface area contributed by atoms with Gasteiger partial charge in [-0.1, -0.05) is 13.0 Å². The molecule has 4 atom stereocenters. The minimum atomic E-state index is -2.71. The first-order valence-corrected chi connectivity index (χ1v) is 9.01. The fourth-order valence-electron chi connectivity index (χ4n) is 4.28. The van der Waals surface area contributed by atoms with Crippen molar-refractivity contribution >= 4 is 17.9 Å². The van der Waals surface area contributed by atoms with Gasteiger partial charge in [0.05, 0.1) is 5.56 Å². The second kappa shape index (κ2) is 6.26. The molecule has 156 valence electrons. The topological polar surface area (TPSA) is 158 Å². The number of ether oxygens (including phenoxy) is 1. The molecule has 10 nitrogen and oxygen atoms in total. The Labute approximate surface area is 163 Å². The molecule has 1 spiro atoms. The van der Waals surface area contributed by atoms with E-state index in [9.17, 15) is 23.8 Å². The van der Waals surface area contributed by atoms with Crippen LogP contribution in [0.4, 0.5) is 8.78 Å². The van der Waals surface area contributed by atoms with Crippen molar-refractivity contribution in [2.75, 3.05) is 6.54 Å². The summed E-state index contributed by atoms with van der Waals surface area (Å²) in [7, 11) is 0. The molecule has 1 fully saturated rings. The number of aliphatic hydroxyl groups is 2. The summed E-state index contributed by atoms with van der Waals surface area (Å²) in [4.78, 5) is 16.7. The first kappa shape index (κ1) is 19.3. The van der Waals surface area contributed by atoms with Crippen molar-refractivity contribution in [1.29, 1.82) is 0 Å². The molecule has 12 heteroatoms. The smallest absolute Gasteiger partial charge is 0.346 e. The average molecular weight is 411 g/mol. The van der Waals surface area contributed by atoms with E-state index in [0.29, 0.717) is 6.42 Å². The maximum absolute atomic E-state index is 13.9. The largest absolute Gasteiger partial charge is 0.449 e. The van der Waals surface area contributed by atoms with Crippen molar-refractivity contribution in [3.63, 3.8) is 0 Å². The molecule has 8 N–H and O–H groups in total. The number of aliphatic imine (C=N–C) groups is 1. The van der Waals surface area contributed by atoms with Gasteiger partial charge in [-0.2, -0.15) is 0 Å².